The van der Waals surface area contributed by atoms with Crippen LogP contribution in [-0.2, 0) is 18.3 Å². The van der Waals surface area contributed by atoms with Crippen LogP contribution < -0.4 is 0 Å². The second-order valence-corrected chi connectivity index (χ2v) is 9.24. The molecule has 1 N–H and O–H groups in total. The molecule has 0 bridgehead atoms. The van der Waals surface area contributed by atoms with Crippen molar-refractivity contribution in [3.8, 4) is 17.2 Å². The molecular formula is C26H30N4O. The van der Waals surface area contributed by atoms with Crippen molar-refractivity contribution in [1.29, 1.82) is 5.26 Å². The van der Waals surface area contributed by atoms with Crippen molar-refractivity contribution in [2.75, 3.05) is 0 Å². The molecule has 0 fully saturated rings. The molecule has 1 atom stereocenters. The molecule has 3 rings (SSSR count). The van der Waals surface area contributed by atoms with Crippen LogP contribution in [-0.4, -0.2) is 20.1 Å². The average Bonchev–Trinajstić information content (AvgIpc) is 2.79. The van der Waals surface area contributed by atoms with E-state index in [4.69, 9.17) is 0 Å². The Morgan fingerprint density at radius 3 is 2.32 bits per heavy atom. The topological polar surface area (TPSA) is 82.7 Å². The summed E-state index contributed by atoms with van der Waals surface area (Å²) in [6, 6.07) is 12.7. The van der Waals surface area contributed by atoms with E-state index in [1.807, 2.05) is 46.0 Å². The van der Waals surface area contributed by atoms with Crippen LogP contribution in [0.3, 0.4) is 0 Å². The number of nitriles is 1. The van der Waals surface area contributed by atoms with Crippen molar-refractivity contribution in [2.24, 2.45) is 5.41 Å². The van der Waals surface area contributed by atoms with Gasteiger partial charge in [0, 0.05) is 40.8 Å². The van der Waals surface area contributed by atoms with E-state index >= 15 is 0 Å². The predicted octanol–water partition coefficient (Wildman–Crippen LogP) is 5.20. The first kappa shape index (κ1) is 22.6. The quantitative estimate of drug-likeness (QED) is 0.574. The highest BCUT2D eigenvalue weighted by molar-refractivity contribution is 5.67. The molecule has 31 heavy (non-hydrogen) atoms. The molecule has 0 amide bonds. The Bertz CT molecular complexity index is 1070. The zero-order chi connectivity index (χ0) is 22.6. The summed E-state index contributed by atoms with van der Waals surface area (Å²) in [4.78, 5) is 12.7. The van der Waals surface area contributed by atoms with E-state index in [9.17, 15) is 10.4 Å². The molecule has 1 unspecified atom stereocenters. The zero-order valence-corrected chi connectivity index (χ0v) is 18.9. The van der Waals surface area contributed by atoms with Crippen LogP contribution in [0.15, 0.2) is 55.2 Å². The first-order chi connectivity index (χ1) is 14.7. The summed E-state index contributed by atoms with van der Waals surface area (Å²) in [5.41, 5.74) is 5.12. The van der Waals surface area contributed by atoms with Gasteiger partial charge in [-0.1, -0.05) is 45.0 Å². The number of rotatable bonds is 7. The molecular weight excluding hydrogens is 384 g/mol. The van der Waals surface area contributed by atoms with Gasteiger partial charge in [0.1, 0.15) is 6.33 Å². The SMILES string of the molecule is CCc1cc(C(C)(C)C#N)ccc1-c1ccc(CC(C)(C)C(O)c2cncnc2)nc1. The minimum Gasteiger partial charge on any atom is -0.388 e. The number of pyridine rings is 1. The van der Waals surface area contributed by atoms with Crippen LogP contribution in [0.5, 0.6) is 0 Å². The monoisotopic (exact) mass is 414 g/mol. The summed E-state index contributed by atoms with van der Waals surface area (Å²) in [5.74, 6) is 0. The summed E-state index contributed by atoms with van der Waals surface area (Å²) in [5, 5.41) is 20.2. The smallest absolute Gasteiger partial charge is 0.115 e. The van der Waals surface area contributed by atoms with Gasteiger partial charge < -0.3 is 5.11 Å². The first-order valence-electron chi connectivity index (χ1n) is 10.6. The van der Waals surface area contributed by atoms with Crippen LogP contribution in [0.4, 0.5) is 0 Å². The highest BCUT2D eigenvalue weighted by Crippen LogP contribution is 2.36. The maximum Gasteiger partial charge on any atom is 0.115 e. The number of aryl methyl sites for hydroxylation is 1. The van der Waals surface area contributed by atoms with Gasteiger partial charge in [-0.3, -0.25) is 4.98 Å². The summed E-state index contributed by atoms with van der Waals surface area (Å²) in [6.45, 7) is 10.0. The first-order valence-corrected chi connectivity index (χ1v) is 10.6. The fraction of sp³-hybridized carbons (Fsp3) is 0.385. The summed E-state index contributed by atoms with van der Waals surface area (Å²) in [6.07, 6.45) is 7.48. The maximum absolute atomic E-state index is 10.8. The fourth-order valence-electron chi connectivity index (χ4n) is 3.78. The molecule has 3 aromatic rings. The second kappa shape index (κ2) is 8.95. The predicted molar refractivity (Wildman–Crippen MR) is 122 cm³/mol. The molecule has 0 saturated heterocycles. The van der Waals surface area contributed by atoms with Gasteiger partial charge in [0.05, 0.1) is 17.6 Å². The van der Waals surface area contributed by atoms with Crippen LogP contribution in [0.25, 0.3) is 11.1 Å². The van der Waals surface area contributed by atoms with Crippen LogP contribution in [0.1, 0.15) is 63.1 Å². The van der Waals surface area contributed by atoms with E-state index in [2.05, 4.69) is 46.1 Å². The van der Waals surface area contributed by atoms with Crippen LogP contribution in [0, 0.1) is 16.7 Å². The van der Waals surface area contributed by atoms with Gasteiger partial charge in [0.2, 0.25) is 0 Å². The Labute approximate surface area is 184 Å². The number of nitrogens with zero attached hydrogens (tertiary/aromatic N) is 4. The van der Waals surface area contributed by atoms with Gasteiger partial charge in [0.25, 0.3) is 0 Å². The van der Waals surface area contributed by atoms with Gasteiger partial charge in [0.15, 0.2) is 0 Å². The molecule has 0 aliphatic heterocycles. The van der Waals surface area contributed by atoms with Crippen molar-refractivity contribution in [3.05, 3.63) is 77.6 Å². The van der Waals surface area contributed by atoms with Crippen LogP contribution in [0.2, 0.25) is 0 Å². The number of hydrogen-bond acceptors (Lipinski definition) is 5. The fourth-order valence-corrected chi connectivity index (χ4v) is 3.78. The Morgan fingerprint density at radius 1 is 1.03 bits per heavy atom. The minimum atomic E-state index is -0.682. The molecule has 0 aliphatic rings. The molecule has 0 aliphatic carbocycles. The van der Waals surface area contributed by atoms with E-state index in [0.29, 0.717) is 12.0 Å². The lowest BCUT2D eigenvalue weighted by Crippen LogP contribution is -2.25. The lowest BCUT2D eigenvalue weighted by atomic mass is 9.79. The van der Waals surface area contributed by atoms with Crippen molar-refractivity contribution >= 4 is 0 Å². The maximum atomic E-state index is 10.8. The number of benzene rings is 1. The summed E-state index contributed by atoms with van der Waals surface area (Å²) in [7, 11) is 0. The third kappa shape index (κ3) is 4.98. The van der Waals surface area contributed by atoms with E-state index in [1.165, 1.54) is 11.9 Å². The molecule has 2 aromatic heterocycles. The Morgan fingerprint density at radius 2 is 1.74 bits per heavy atom. The summed E-state index contributed by atoms with van der Waals surface area (Å²) < 4.78 is 0. The average molecular weight is 415 g/mol. The zero-order valence-electron chi connectivity index (χ0n) is 18.9. The highest BCUT2D eigenvalue weighted by Gasteiger charge is 2.30. The van der Waals surface area contributed by atoms with Crippen molar-refractivity contribution in [2.45, 2.75) is 59.0 Å². The lowest BCUT2D eigenvalue weighted by Gasteiger charge is -2.30. The van der Waals surface area contributed by atoms with Crippen LogP contribution >= 0.6 is 0 Å². The second-order valence-electron chi connectivity index (χ2n) is 9.24. The van der Waals surface area contributed by atoms with E-state index in [-0.39, 0.29) is 0 Å². The Balaban J connectivity index is 1.83. The van der Waals surface area contributed by atoms with E-state index in [1.54, 1.807) is 12.4 Å². The van der Waals surface area contributed by atoms with Crippen molar-refractivity contribution in [1.82, 2.24) is 15.0 Å². The number of aromatic nitrogens is 3. The van der Waals surface area contributed by atoms with Gasteiger partial charge in [-0.05, 0) is 49.4 Å². The standard InChI is InChI=1S/C26H30N4O/c1-6-18-11-21(26(4,5)16-27)8-10-23(18)19-7-9-22(30-15-19)12-25(2,3)24(31)20-13-28-17-29-14-20/h7-11,13-15,17,24,31H,6,12H2,1-5H3. The van der Waals surface area contributed by atoms with Crippen molar-refractivity contribution < 1.29 is 5.11 Å². The normalized spacial score (nSPS) is 12.9. The Kier molecular flexibility index (Phi) is 6.52. The van der Waals surface area contributed by atoms with E-state index < -0.39 is 16.9 Å². The Hall–Kier alpha value is -3.10. The number of aliphatic hydroxyl groups excluding tert-OH is 1. The third-order valence-electron chi connectivity index (χ3n) is 5.90. The third-order valence-corrected chi connectivity index (χ3v) is 5.90. The molecule has 0 spiro atoms. The van der Waals surface area contributed by atoms with Gasteiger partial charge in [-0.25, -0.2) is 9.97 Å². The molecule has 0 radical (unpaired) electrons. The molecule has 160 valence electrons. The number of aliphatic hydroxyl groups is 1. The molecule has 1 aromatic carbocycles. The highest BCUT2D eigenvalue weighted by atomic mass is 16.3. The van der Waals surface area contributed by atoms with Crippen molar-refractivity contribution in [3.63, 3.8) is 0 Å². The van der Waals surface area contributed by atoms with Gasteiger partial charge >= 0.3 is 0 Å². The minimum absolute atomic E-state index is 0.418. The van der Waals surface area contributed by atoms with E-state index in [0.717, 1.165) is 28.8 Å². The molecule has 5 heteroatoms. The van der Waals surface area contributed by atoms with Gasteiger partial charge in [-0.15, -0.1) is 0 Å². The lowest BCUT2D eigenvalue weighted by molar-refractivity contribution is 0.0482. The van der Waals surface area contributed by atoms with Gasteiger partial charge in [-0.2, -0.15) is 5.26 Å². The summed E-state index contributed by atoms with van der Waals surface area (Å²) >= 11 is 0. The molecule has 0 saturated carbocycles. The number of hydrogen-bond donors (Lipinski definition) is 1. The largest absolute Gasteiger partial charge is 0.388 e. The molecule has 2 heterocycles. The molecule has 5 nitrogen and oxygen atoms in total.